The molecule has 0 spiro atoms. The normalized spacial score (nSPS) is 11.8. The summed E-state index contributed by atoms with van der Waals surface area (Å²) in [6, 6.07) is 4.16. The van der Waals surface area contributed by atoms with Crippen LogP contribution in [0.5, 0.6) is 0 Å². The smallest absolute Gasteiger partial charge is 0.321 e. The Kier molecular flexibility index (Phi) is 8.68. The number of carbonyl (C=O) groups is 3. The molecule has 0 saturated heterocycles. The molecule has 1 rings (SSSR count). The molecule has 9 heteroatoms. The molecule has 0 radical (unpaired) electrons. The van der Waals surface area contributed by atoms with Crippen LogP contribution in [0.1, 0.15) is 20.3 Å². The van der Waals surface area contributed by atoms with Crippen LogP contribution in [0.25, 0.3) is 0 Å². The quantitative estimate of drug-likeness (QED) is 0.668. The second kappa shape index (κ2) is 10.2. The van der Waals surface area contributed by atoms with Crippen molar-refractivity contribution < 1.29 is 14.4 Å². The fourth-order valence-electron chi connectivity index (χ4n) is 1.85. The standard InChI is InChI=1S/C16H22Cl2N4O3/c1-4-10(2)19-16(25)21-15(24)9-22(3)8-14(23)20-11-5-6-12(17)13(18)7-11/h5-7,10H,4,8-9H2,1-3H3,(H,20,23)(H2,19,21,24,25)/t10-/m0/s1. The average Bonchev–Trinajstić information content (AvgIpc) is 2.49. The van der Waals surface area contributed by atoms with Gasteiger partial charge in [-0.25, -0.2) is 4.79 Å². The van der Waals surface area contributed by atoms with Gasteiger partial charge >= 0.3 is 6.03 Å². The Balaban J connectivity index is 2.40. The van der Waals surface area contributed by atoms with Gasteiger partial charge in [-0.05, 0) is 38.6 Å². The van der Waals surface area contributed by atoms with Crippen molar-refractivity contribution in [3.05, 3.63) is 28.2 Å². The van der Waals surface area contributed by atoms with Gasteiger partial charge in [0.1, 0.15) is 0 Å². The molecule has 4 amide bonds. The SMILES string of the molecule is CC[C@H](C)NC(=O)NC(=O)CN(C)CC(=O)Nc1ccc(Cl)c(Cl)c1. The third-order valence-electron chi connectivity index (χ3n) is 3.27. The third-order valence-corrected chi connectivity index (χ3v) is 4.01. The first kappa shape index (κ1) is 21.2. The molecule has 0 unspecified atom stereocenters. The number of nitrogens with one attached hydrogen (secondary N) is 3. The molecule has 25 heavy (non-hydrogen) atoms. The van der Waals surface area contributed by atoms with E-state index in [4.69, 9.17) is 23.2 Å². The maximum atomic E-state index is 12.0. The van der Waals surface area contributed by atoms with Crippen LogP contribution in [-0.4, -0.2) is 48.9 Å². The molecule has 0 fully saturated rings. The lowest BCUT2D eigenvalue weighted by Crippen LogP contribution is -2.47. The summed E-state index contributed by atoms with van der Waals surface area (Å²) >= 11 is 11.7. The van der Waals surface area contributed by atoms with Gasteiger partial charge in [0.25, 0.3) is 0 Å². The number of amides is 4. The second-order valence-corrected chi connectivity index (χ2v) is 6.49. The zero-order chi connectivity index (χ0) is 19.0. The monoisotopic (exact) mass is 388 g/mol. The maximum Gasteiger partial charge on any atom is 0.321 e. The highest BCUT2D eigenvalue weighted by Gasteiger charge is 2.14. The lowest BCUT2D eigenvalue weighted by Gasteiger charge is -2.17. The summed E-state index contributed by atoms with van der Waals surface area (Å²) in [6.45, 7) is 3.64. The molecular formula is C16H22Cl2N4O3. The number of benzene rings is 1. The van der Waals surface area contributed by atoms with Crippen LogP contribution in [0.15, 0.2) is 18.2 Å². The minimum absolute atomic E-state index is 0.0255. The zero-order valence-electron chi connectivity index (χ0n) is 14.4. The van der Waals surface area contributed by atoms with Gasteiger partial charge in [-0.1, -0.05) is 30.1 Å². The molecule has 1 aromatic rings. The Morgan fingerprint density at radius 2 is 1.76 bits per heavy atom. The lowest BCUT2D eigenvalue weighted by molar-refractivity contribution is -0.122. The lowest BCUT2D eigenvalue weighted by atomic mass is 10.3. The van der Waals surface area contributed by atoms with E-state index in [9.17, 15) is 14.4 Å². The van der Waals surface area contributed by atoms with Gasteiger partial charge in [0.2, 0.25) is 11.8 Å². The number of nitrogens with zero attached hydrogens (tertiary/aromatic N) is 1. The van der Waals surface area contributed by atoms with E-state index < -0.39 is 11.9 Å². The van der Waals surface area contributed by atoms with Crippen molar-refractivity contribution in [2.75, 3.05) is 25.5 Å². The Morgan fingerprint density at radius 3 is 2.36 bits per heavy atom. The molecule has 0 bridgehead atoms. The molecule has 0 saturated carbocycles. The fourth-order valence-corrected chi connectivity index (χ4v) is 2.15. The molecule has 0 aliphatic heterocycles. The van der Waals surface area contributed by atoms with Crippen LogP contribution in [0, 0.1) is 0 Å². The molecular weight excluding hydrogens is 367 g/mol. The number of rotatable bonds is 7. The minimum Gasteiger partial charge on any atom is -0.335 e. The molecule has 0 heterocycles. The van der Waals surface area contributed by atoms with E-state index in [1.54, 1.807) is 19.2 Å². The molecule has 7 nitrogen and oxygen atoms in total. The van der Waals surface area contributed by atoms with E-state index in [0.29, 0.717) is 15.7 Å². The van der Waals surface area contributed by atoms with E-state index in [2.05, 4.69) is 16.0 Å². The summed E-state index contributed by atoms with van der Waals surface area (Å²) < 4.78 is 0. The first-order valence-corrected chi connectivity index (χ1v) is 8.50. The number of carbonyl (C=O) groups excluding carboxylic acids is 3. The highest BCUT2D eigenvalue weighted by molar-refractivity contribution is 6.42. The number of hydrogen-bond donors (Lipinski definition) is 3. The van der Waals surface area contributed by atoms with Crippen LogP contribution in [0.4, 0.5) is 10.5 Å². The maximum absolute atomic E-state index is 12.0. The van der Waals surface area contributed by atoms with Crippen LogP contribution >= 0.6 is 23.2 Å². The van der Waals surface area contributed by atoms with E-state index in [-0.39, 0.29) is 25.0 Å². The van der Waals surface area contributed by atoms with Gasteiger partial charge in [-0.3, -0.25) is 19.8 Å². The number of hydrogen-bond acceptors (Lipinski definition) is 4. The number of likely N-dealkylation sites (N-methyl/N-ethyl adjacent to an activating group) is 1. The van der Waals surface area contributed by atoms with Crippen molar-refractivity contribution >= 4 is 46.7 Å². The Labute approximate surface area is 157 Å². The van der Waals surface area contributed by atoms with E-state index in [1.807, 2.05) is 13.8 Å². The van der Waals surface area contributed by atoms with Crippen LogP contribution in [-0.2, 0) is 9.59 Å². The Hall–Kier alpha value is -1.83. The van der Waals surface area contributed by atoms with Gasteiger partial charge < -0.3 is 10.6 Å². The van der Waals surface area contributed by atoms with Gasteiger partial charge in [0.15, 0.2) is 0 Å². The zero-order valence-corrected chi connectivity index (χ0v) is 15.9. The fraction of sp³-hybridized carbons (Fsp3) is 0.438. The summed E-state index contributed by atoms with van der Waals surface area (Å²) in [4.78, 5) is 36.8. The number of anilines is 1. The van der Waals surface area contributed by atoms with Crippen molar-refractivity contribution in [2.45, 2.75) is 26.3 Å². The highest BCUT2D eigenvalue weighted by atomic mass is 35.5. The summed E-state index contributed by atoms with van der Waals surface area (Å²) in [7, 11) is 1.60. The molecule has 1 aromatic carbocycles. The Morgan fingerprint density at radius 1 is 1.12 bits per heavy atom. The summed E-state index contributed by atoms with van der Waals surface area (Å²) in [5, 5.41) is 8.22. The largest absolute Gasteiger partial charge is 0.335 e. The van der Waals surface area contributed by atoms with Crippen molar-refractivity contribution in [3.63, 3.8) is 0 Å². The first-order chi connectivity index (χ1) is 11.7. The van der Waals surface area contributed by atoms with Crippen molar-refractivity contribution in [3.8, 4) is 0 Å². The summed E-state index contributed by atoms with van der Waals surface area (Å²) in [6.07, 6.45) is 0.760. The van der Waals surface area contributed by atoms with Crippen LogP contribution in [0.3, 0.4) is 0 Å². The van der Waals surface area contributed by atoms with Crippen molar-refractivity contribution in [1.29, 1.82) is 0 Å². The van der Waals surface area contributed by atoms with Gasteiger partial charge in [-0.15, -0.1) is 0 Å². The topological polar surface area (TPSA) is 90.5 Å². The third kappa shape index (κ3) is 8.20. The second-order valence-electron chi connectivity index (χ2n) is 5.68. The van der Waals surface area contributed by atoms with Crippen molar-refractivity contribution in [1.82, 2.24) is 15.5 Å². The molecule has 3 N–H and O–H groups in total. The van der Waals surface area contributed by atoms with Gasteiger partial charge in [-0.2, -0.15) is 0 Å². The van der Waals surface area contributed by atoms with Gasteiger partial charge in [0, 0.05) is 11.7 Å². The molecule has 0 aliphatic rings. The van der Waals surface area contributed by atoms with Crippen LogP contribution in [0.2, 0.25) is 10.0 Å². The van der Waals surface area contributed by atoms with E-state index >= 15 is 0 Å². The minimum atomic E-state index is -0.548. The Bertz CT molecular complexity index is 640. The predicted molar refractivity (Wildman–Crippen MR) is 99.0 cm³/mol. The summed E-state index contributed by atoms with van der Waals surface area (Å²) in [5.41, 5.74) is 0.505. The molecule has 0 aromatic heterocycles. The molecule has 138 valence electrons. The molecule has 1 atom stereocenters. The van der Waals surface area contributed by atoms with E-state index in [0.717, 1.165) is 6.42 Å². The van der Waals surface area contributed by atoms with Crippen LogP contribution < -0.4 is 16.0 Å². The highest BCUT2D eigenvalue weighted by Crippen LogP contribution is 2.24. The number of imide groups is 1. The van der Waals surface area contributed by atoms with Gasteiger partial charge in [0.05, 0.1) is 23.1 Å². The van der Waals surface area contributed by atoms with Crippen molar-refractivity contribution in [2.24, 2.45) is 0 Å². The number of urea groups is 1. The predicted octanol–water partition coefficient (Wildman–Crippen LogP) is 2.49. The number of halogens is 2. The van der Waals surface area contributed by atoms with E-state index in [1.165, 1.54) is 11.0 Å². The average molecular weight is 389 g/mol. The summed E-state index contributed by atoms with van der Waals surface area (Å²) in [5.74, 6) is -0.816. The first-order valence-electron chi connectivity index (χ1n) is 7.75. The molecule has 0 aliphatic carbocycles.